The lowest BCUT2D eigenvalue weighted by Gasteiger charge is -2.28. The number of rotatable bonds is 3. The molecule has 2 aliphatic rings. The van der Waals surface area contributed by atoms with Gasteiger partial charge in [0.2, 0.25) is 0 Å². The molecule has 2 aromatic rings. The second kappa shape index (κ2) is 7.29. The summed E-state index contributed by atoms with van der Waals surface area (Å²) in [5.41, 5.74) is 3.34. The fraction of sp³-hybridized carbons (Fsp3) is 0.421. The molecule has 5 nitrogen and oxygen atoms in total. The van der Waals surface area contributed by atoms with Crippen molar-refractivity contribution >= 4 is 17.3 Å². The van der Waals surface area contributed by atoms with Gasteiger partial charge in [-0.3, -0.25) is 14.7 Å². The first kappa shape index (κ1) is 17.4. The summed E-state index contributed by atoms with van der Waals surface area (Å²) < 4.78 is 13.3. The van der Waals surface area contributed by atoms with Crippen LogP contribution in [0.5, 0.6) is 0 Å². The highest BCUT2D eigenvalue weighted by Gasteiger charge is 2.23. The van der Waals surface area contributed by atoms with E-state index in [1.54, 1.807) is 12.1 Å². The zero-order valence-corrected chi connectivity index (χ0v) is 15.2. The zero-order chi connectivity index (χ0) is 18.1. The summed E-state index contributed by atoms with van der Waals surface area (Å²) in [7, 11) is 0. The van der Waals surface area contributed by atoms with Gasteiger partial charge >= 0.3 is 0 Å². The van der Waals surface area contributed by atoms with Crippen LogP contribution in [0.25, 0.3) is 0 Å². The zero-order valence-electron chi connectivity index (χ0n) is 14.4. The van der Waals surface area contributed by atoms with Gasteiger partial charge in [-0.05, 0) is 37.0 Å². The number of aromatic nitrogens is 2. The molecule has 0 saturated carbocycles. The molecule has 0 aliphatic carbocycles. The largest absolute Gasteiger partial charge is 0.305 e. The summed E-state index contributed by atoms with van der Waals surface area (Å²) in [6.45, 7) is 2.75. The van der Waals surface area contributed by atoms with Gasteiger partial charge in [0.05, 0.1) is 22.0 Å². The summed E-state index contributed by atoms with van der Waals surface area (Å²) >= 11 is 5.86. The molecule has 0 bridgehead atoms. The topological polar surface area (TPSA) is 61.4 Å². The Labute approximate surface area is 155 Å². The van der Waals surface area contributed by atoms with Crippen LogP contribution in [0.3, 0.4) is 0 Å². The van der Waals surface area contributed by atoms with Crippen LogP contribution in [-0.4, -0.2) is 33.7 Å². The molecule has 7 heteroatoms. The average Bonchev–Trinajstić information content (AvgIpc) is 2.66. The van der Waals surface area contributed by atoms with E-state index in [4.69, 9.17) is 11.6 Å². The van der Waals surface area contributed by atoms with Crippen molar-refractivity contribution in [2.45, 2.75) is 38.8 Å². The molecule has 0 saturated heterocycles. The monoisotopic (exact) mass is 374 g/mol. The molecule has 1 aromatic carbocycles. The molecule has 4 rings (SSSR count). The Bertz CT molecular complexity index is 924. The van der Waals surface area contributed by atoms with Gasteiger partial charge in [0.1, 0.15) is 5.82 Å². The summed E-state index contributed by atoms with van der Waals surface area (Å²) in [6, 6.07) is 4.74. The van der Waals surface area contributed by atoms with E-state index < -0.39 is 5.82 Å². The predicted molar refractivity (Wildman–Crippen MR) is 99.3 cm³/mol. The number of H-pyrrole nitrogens is 1. The Morgan fingerprint density at radius 3 is 2.92 bits per heavy atom. The first-order valence-electron chi connectivity index (χ1n) is 8.92. The van der Waals surface area contributed by atoms with Crippen molar-refractivity contribution in [3.8, 4) is 0 Å². The molecule has 2 aliphatic heterocycles. The maximum absolute atomic E-state index is 13.3. The summed E-state index contributed by atoms with van der Waals surface area (Å²) in [5, 5.41) is 0.123. The molecule has 0 unspecified atom stereocenters. The number of fused-ring (bicyclic) bond motifs is 1. The Morgan fingerprint density at radius 1 is 1.27 bits per heavy atom. The fourth-order valence-corrected chi connectivity index (χ4v) is 3.74. The molecule has 26 heavy (non-hydrogen) atoms. The molecule has 1 aromatic heterocycles. The third-order valence-electron chi connectivity index (χ3n) is 4.94. The van der Waals surface area contributed by atoms with Crippen molar-refractivity contribution in [3.63, 3.8) is 0 Å². The Morgan fingerprint density at radius 2 is 2.15 bits per heavy atom. The van der Waals surface area contributed by atoms with Crippen LogP contribution in [0.15, 0.2) is 28.0 Å². The first-order chi connectivity index (χ1) is 12.6. The summed E-state index contributed by atoms with van der Waals surface area (Å²) in [5.74, 6) is 0.213. The highest BCUT2D eigenvalue weighted by molar-refractivity contribution is 6.30. The van der Waals surface area contributed by atoms with E-state index in [1.165, 1.54) is 6.07 Å². The molecule has 1 N–H and O–H groups in total. The first-order valence-corrected chi connectivity index (χ1v) is 9.30. The number of aromatic amines is 1. The third kappa shape index (κ3) is 3.57. The summed E-state index contributed by atoms with van der Waals surface area (Å²) in [4.78, 5) is 26.8. The van der Waals surface area contributed by atoms with Crippen molar-refractivity contribution in [2.24, 2.45) is 4.99 Å². The van der Waals surface area contributed by atoms with E-state index in [9.17, 15) is 9.18 Å². The van der Waals surface area contributed by atoms with Crippen LogP contribution >= 0.6 is 11.6 Å². The van der Waals surface area contributed by atoms with E-state index in [0.717, 1.165) is 49.3 Å². The minimum Gasteiger partial charge on any atom is -0.305 e. The Hall–Kier alpha value is -2.05. The van der Waals surface area contributed by atoms with Gasteiger partial charge in [-0.2, -0.15) is 0 Å². The number of aliphatic imine (C=N–C) groups is 1. The van der Waals surface area contributed by atoms with Gasteiger partial charge in [-0.15, -0.1) is 0 Å². The van der Waals surface area contributed by atoms with E-state index >= 15 is 0 Å². The number of nitrogens with zero attached hydrogens (tertiary/aromatic N) is 3. The van der Waals surface area contributed by atoms with Crippen molar-refractivity contribution in [1.82, 2.24) is 14.9 Å². The second-order valence-electron chi connectivity index (χ2n) is 6.83. The molecular weight excluding hydrogens is 355 g/mol. The van der Waals surface area contributed by atoms with Crippen LogP contribution in [-0.2, 0) is 19.5 Å². The van der Waals surface area contributed by atoms with Gasteiger partial charge in [0.15, 0.2) is 5.82 Å². The molecule has 0 atom stereocenters. The highest BCUT2D eigenvalue weighted by Crippen LogP contribution is 2.21. The molecule has 0 spiro atoms. The maximum atomic E-state index is 13.3. The Balaban J connectivity index is 1.54. The standard InChI is InChI=1S/C19H20ClFN4O/c20-14-9-12(4-5-15(14)21)10-25-8-6-16-13(11-25)19(26)24-18(23-16)17-3-1-2-7-22-17/h4-5,9H,1-3,6-8,10-11H2,(H,23,24,26). The smallest absolute Gasteiger partial charge is 0.255 e. The van der Waals surface area contributed by atoms with Crippen LogP contribution in [0, 0.1) is 5.82 Å². The summed E-state index contributed by atoms with van der Waals surface area (Å²) in [6.07, 6.45) is 3.78. The van der Waals surface area contributed by atoms with Crippen molar-refractivity contribution in [3.05, 3.63) is 62.0 Å². The quantitative estimate of drug-likeness (QED) is 0.898. The Kier molecular flexibility index (Phi) is 4.87. The lowest BCUT2D eigenvalue weighted by molar-refractivity contribution is 0.241. The average molecular weight is 375 g/mol. The second-order valence-corrected chi connectivity index (χ2v) is 7.24. The number of hydrogen-bond acceptors (Lipinski definition) is 4. The van der Waals surface area contributed by atoms with Gasteiger partial charge < -0.3 is 4.98 Å². The lowest BCUT2D eigenvalue weighted by atomic mass is 10.0. The lowest BCUT2D eigenvalue weighted by Crippen LogP contribution is -2.36. The molecule has 3 heterocycles. The molecular formula is C19H20ClFN4O. The normalized spacial score (nSPS) is 17.7. The molecule has 136 valence electrons. The van der Waals surface area contributed by atoms with Gasteiger partial charge in [0.25, 0.3) is 5.56 Å². The van der Waals surface area contributed by atoms with Gasteiger partial charge in [-0.1, -0.05) is 17.7 Å². The SMILES string of the molecule is O=c1[nH]c(C2=NCCCC2)nc2c1CN(Cc1ccc(F)c(Cl)c1)CC2. The van der Waals surface area contributed by atoms with E-state index in [1.807, 2.05) is 0 Å². The maximum Gasteiger partial charge on any atom is 0.255 e. The number of halogens is 2. The minimum absolute atomic E-state index is 0.0832. The molecule has 0 radical (unpaired) electrons. The fourth-order valence-electron chi connectivity index (χ4n) is 3.54. The number of hydrogen-bond donors (Lipinski definition) is 1. The van der Waals surface area contributed by atoms with Crippen LogP contribution in [0.2, 0.25) is 5.02 Å². The van der Waals surface area contributed by atoms with Crippen molar-refractivity contribution < 1.29 is 4.39 Å². The third-order valence-corrected chi connectivity index (χ3v) is 5.23. The number of benzene rings is 1. The van der Waals surface area contributed by atoms with Crippen molar-refractivity contribution in [1.29, 1.82) is 0 Å². The molecule has 0 fully saturated rings. The van der Waals surface area contributed by atoms with Crippen LogP contribution < -0.4 is 5.56 Å². The minimum atomic E-state index is -0.418. The van der Waals surface area contributed by atoms with Crippen LogP contribution in [0.1, 0.15) is 41.9 Å². The van der Waals surface area contributed by atoms with E-state index in [-0.39, 0.29) is 10.6 Å². The van der Waals surface area contributed by atoms with E-state index in [2.05, 4.69) is 19.9 Å². The van der Waals surface area contributed by atoms with Gasteiger partial charge in [-0.25, -0.2) is 9.37 Å². The van der Waals surface area contributed by atoms with E-state index in [0.29, 0.717) is 30.9 Å². The van der Waals surface area contributed by atoms with Crippen molar-refractivity contribution in [2.75, 3.05) is 13.1 Å². The molecule has 0 amide bonds. The van der Waals surface area contributed by atoms with Gasteiger partial charge in [0, 0.05) is 32.6 Å². The van der Waals surface area contributed by atoms with Crippen LogP contribution in [0.4, 0.5) is 4.39 Å². The predicted octanol–water partition coefficient (Wildman–Crippen LogP) is 3.09. The number of nitrogens with one attached hydrogen (secondary N) is 1. The highest BCUT2D eigenvalue weighted by atomic mass is 35.5.